The lowest BCUT2D eigenvalue weighted by atomic mass is 9.94. The van der Waals surface area contributed by atoms with Gasteiger partial charge in [0, 0.05) is 6.04 Å². The fraction of sp³-hybridized carbons (Fsp3) is 0.917. The maximum absolute atomic E-state index is 11.7. The van der Waals surface area contributed by atoms with Crippen LogP contribution in [-0.4, -0.2) is 37.9 Å². The van der Waals surface area contributed by atoms with E-state index in [2.05, 4.69) is 5.32 Å². The van der Waals surface area contributed by atoms with Crippen molar-refractivity contribution < 1.29 is 14.3 Å². The van der Waals surface area contributed by atoms with Crippen LogP contribution in [-0.2, 0) is 14.3 Å². The van der Waals surface area contributed by atoms with Gasteiger partial charge in [0.2, 0.25) is 0 Å². The smallest absolute Gasteiger partial charge is 0.330 e. The van der Waals surface area contributed by atoms with Gasteiger partial charge >= 0.3 is 5.97 Å². The van der Waals surface area contributed by atoms with Gasteiger partial charge in [0.05, 0.1) is 20.3 Å². The Morgan fingerprint density at radius 1 is 1.25 bits per heavy atom. The van der Waals surface area contributed by atoms with Gasteiger partial charge in [-0.05, 0) is 12.8 Å². The Morgan fingerprint density at radius 3 is 2.31 bits per heavy atom. The Kier molecular flexibility index (Phi) is 3.82. The largest absolute Gasteiger partial charge is 0.468 e. The Bertz CT molecular complexity index is 243. The van der Waals surface area contributed by atoms with Crippen LogP contribution in [0.4, 0.5) is 0 Å². The zero-order valence-corrected chi connectivity index (χ0v) is 9.96. The average Bonchev–Trinajstić information content (AvgIpc) is 2.50. The van der Waals surface area contributed by atoms with Gasteiger partial charge in [0.15, 0.2) is 5.54 Å². The molecule has 0 aromatic carbocycles. The van der Waals surface area contributed by atoms with Gasteiger partial charge in [-0.15, -0.1) is 0 Å². The van der Waals surface area contributed by atoms with Crippen LogP contribution in [0.5, 0.6) is 0 Å². The minimum atomic E-state index is -0.552. The predicted molar refractivity (Wildman–Crippen MR) is 60.2 cm³/mol. The summed E-state index contributed by atoms with van der Waals surface area (Å²) in [4.78, 5) is 11.7. The second-order valence-electron chi connectivity index (χ2n) is 4.90. The number of rotatable bonds is 3. The summed E-state index contributed by atoms with van der Waals surface area (Å²) >= 11 is 0. The summed E-state index contributed by atoms with van der Waals surface area (Å²) in [7, 11) is 1.44. The van der Waals surface area contributed by atoms with Gasteiger partial charge in [-0.1, -0.05) is 25.7 Å². The van der Waals surface area contributed by atoms with Gasteiger partial charge in [-0.25, -0.2) is 4.79 Å². The van der Waals surface area contributed by atoms with Crippen molar-refractivity contribution in [1.82, 2.24) is 5.32 Å². The molecular weight excluding hydrogens is 206 g/mol. The summed E-state index contributed by atoms with van der Waals surface area (Å²) in [6, 6.07) is 0.450. The highest BCUT2D eigenvalue weighted by Gasteiger charge is 2.48. The number of esters is 1. The molecule has 4 nitrogen and oxygen atoms in total. The van der Waals surface area contributed by atoms with Crippen molar-refractivity contribution >= 4 is 5.97 Å². The molecule has 2 aliphatic rings. The molecule has 0 radical (unpaired) electrons. The second-order valence-corrected chi connectivity index (χ2v) is 4.90. The standard InChI is InChI=1S/C12H21NO3/c1-15-11(14)12(8-16-9-12)13-10-6-4-2-3-5-7-10/h10,13H,2-9H2,1H3. The van der Waals surface area contributed by atoms with Crippen LogP contribution in [0.2, 0.25) is 0 Å². The lowest BCUT2D eigenvalue weighted by Gasteiger charge is -2.41. The fourth-order valence-electron chi connectivity index (χ4n) is 2.58. The van der Waals surface area contributed by atoms with E-state index >= 15 is 0 Å². The van der Waals surface area contributed by atoms with Crippen LogP contribution >= 0.6 is 0 Å². The molecule has 0 atom stereocenters. The van der Waals surface area contributed by atoms with Crippen molar-refractivity contribution in [3.63, 3.8) is 0 Å². The maximum Gasteiger partial charge on any atom is 0.330 e. The molecule has 1 saturated carbocycles. The summed E-state index contributed by atoms with van der Waals surface area (Å²) < 4.78 is 10.0. The number of hydrogen-bond donors (Lipinski definition) is 1. The molecule has 4 heteroatoms. The molecule has 2 fully saturated rings. The maximum atomic E-state index is 11.7. The second kappa shape index (κ2) is 5.15. The molecule has 1 aliphatic heterocycles. The summed E-state index contributed by atoms with van der Waals surface area (Å²) in [5, 5.41) is 3.46. The van der Waals surface area contributed by atoms with E-state index in [-0.39, 0.29) is 5.97 Å². The van der Waals surface area contributed by atoms with Crippen LogP contribution in [0.1, 0.15) is 38.5 Å². The topological polar surface area (TPSA) is 47.6 Å². The SMILES string of the molecule is COC(=O)C1(NC2CCCCCC2)COC1. The Labute approximate surface area is 96.7 Å². The van der Waals surface area contributed by atoms with Gasteiger partial charge in [0.1, 0.15) is 0 Å². The molecule has 1 N–H and O–H groups in total. The molecule has 2 rings (SSSR count). The third-order valence-corrected chi connectivity index (χ3v) is 3.61. The molecule has 0 amide bonds. The molecule has 1 aliphatic carbocycles. The number of nitrogens with one attached hydrogen (secondary N) is 1. The average molecular weight is 227 g/mol. The quantitative estimate of drug-likeness (QED) is 0.582. The molecule has 16 heavy (non-hydrogen) atoms. The van der Waals surface area contributed by atoms with E-state index in [1.165, 1.54) is 45.6 Å². The summed E-state index contributed by atoms with van der Waals surface area (Å²) in [6.45, 7) is 0.909. The lowest BCUT2D eigenvalue weighted by molar-refractivity contribution is -0.170. The molecule has 0 aromatic rings. The van der Waals surface area contributed by atoms with Gasteiger partial charge in [-0.3, -0.25) is 5.32 Å². The van der Waals surface area contributed by atoms with E-state index in [4.69, 9.17) is 9.47 Å². The molecule has 0 aromatic heterocycles. The fourth-order valence-corrected chi connectivity index (χ4v) is 2.58. The summed E-state index contributed by atoms with van der Waals surface area (Å²) in [5.74, 6) is -0.178. The van der Waals surface area contributed by atoms with E-state index in [0.717, 1.165) is 0 Å². The van der Waals surface area contributed by atoms with Crippen LogP contribution in [0.25, 0.3) is 0 Å². The minimum absolute atomic E-state index is 0.178. The zero-order valence-electron chi connectivity index (χ0n) is 9.96. The normalized spacial score (nSPS) is 25.6. The van der Waals surface area contributed by atoms with Gasteiger partial charge < -0.3 is 9.47 Å². The van der Waals surface area contributed by atoms with Crippen molar-refractivity contribution in [2.75, 3.05) is 20.3 Å². The Morgan fingerprint density at radius 2 is 1.88 bits per heavy atom. The van der Waals surface area contributed by atoms with E-state index in [1.54, 1.807) is 0 Å². The first-order chi connectivity index (χ1) is 7.77. The molecule has 0 spiro atoms. The molecule has 0 bridgehead atoms. The van der Waals surface area contributed by atoms with Crippen LogP contribution in [0.15, 0.2) is 0 Å². The summed E-state index contributed by atoms with van der Waals surface area (Å²) in [5.41, 5.74) is -0.552. The van der Waals surface area contributed by atoms with Crippen molar-refractivity contribution in [3.05, 3.63) is 0 Å². The van der Waals surface area contributed by atoms with Crippen molar-refractivity contribution in [2.24, 2.45) is 0 Å². The number of carbonyl (C=O) groups is 1. The van der Waals surface area contributed by atoms with E-state index in [0.29, 0.717) is 19.3 Å². The molecule has 0 unspecified atom stereocenters. The van der Waals surface area contributed by atoms with E-state index in [9.17, 15) is 4.79 Å². The number of methoxy groups -OCH3 is 1. The van der Waals surface area contributed by atoms with Crippen molar-refractivity contribution in [3.8, 4) is 0 Å². The number of carbonyl (C=O) groups excluding carboxylic acids is 1. The Hall–Kier alpha value is -0.610. The van der Waals surface area contributed by atoms with Crippen molar-refractivity contribution in [2.45, 2.75) is 50.1 Å². The number of ether oxygens (including phenoxy) is 2. The molecule has 1 heterocycles. The Balaban J connectivity index is 1.92. The van der Waals surface area contributed by atoms with E-state index in [1.807, 2.05) is 0 Å². The van der Waals surface area contributed by atoms with Crippen LogP contribution in [0, 0.1) is 0 Å². The first kappa shape index (κ1) is 11.9. The molecule has 1 saturated heterocycles. The van der Waals surface area contributed by atoms with Crippen LogP contribution < -0.4 is 5.32 Å². The number of hydrogen-bond acceptors (Lipinski definition) is 4. The monoisotopic (exact) mass is 227 g/mol. The molecular formula is C12H21NO3. The van der Waals surface area contributed by atoms with Gasteiger partial charge in [0.25, 0.3) is 0 Å². The van der Waals surface area contributed by atoms with Crippen molar-refractivity contribution in [1.29, 1.82) is 0 Å². The minimum Gasteiger partial charge on any atom is -0.468 e. The highest BCUT2D eigenvalue weighted by molar-refractivity contribution is 5.82. The first-order valence-corrected chi connectivity index (χ1v) is 6.21. The highest BCUT2D eigenvalue weighted by Crippen LogP contribution is 2.24. The highest BCUT2D eigenvalue weighted by atomic mass is 16.5. The third-order valence-electron chi connectivity index (χ3n) is 3.61. The van der Waals surface area contributed by atoms with E-state index < -0.39 is 5.54 Å². The lowest BCUT2D eigenvalue weighted by Crippen LogP contribution is -2.68. The zero-order chi connectivity index (χ0) is 11.4. The van der Waals surface area contributed by atoms with Crippen LogP contribution in [0.3, 0.4) is 0 Å². The molecule has 92 valence electrons. The first-order valence-electron chi connectivity index (χ1n) is 6.21. The predicted octanol–water partition coefficient (Wildman–Crippen LogP) is 1.24. The summed E-state index contributed by atoms with van der Waals surface area (Å²) in [6.07, 6.45) is 7.49. The third kappa shape index (κ3) is 2.38. The van der Waals surface area contributed by atoms with Gasteiger partial charge in [-0.2, -0.15) is 0 Å².